The van der Waals surface area contributed by atoms with Crippen LogP contribution in [0.2, 0.25) is 0 Å². The van der Waals surface area contributed by atoms with E-state index in [9.17, 15) is 24.6 Å². The van der Waals surface area contributed by atoms with Gasteiger partial charge in [0.25, 0.3) is 0 Å². The molecule has 0 radical (unpaired) electrons. The Bertz CT molecular complexity index is 678. The molecule has 0 aliphatic rings. The molecule has 0 atom stereocenters. The van der Waals surface area contributed by atoms with E-state index in [-0.39, 0.29) is 16.8 Å². The highest BCUT2D eigenvalue weighted by atomic mass is 31.2. The molecule has 0 unspecified atom stereocenters. The fraction of sp³-hybridized carbons (Fsp3) is 0.200. The van der Waals surface area contributed by atoms with Crippen LogP contribution < -0.4 is 5.30 Å². The van der Waals surface area contributed by atoms with Crippen LogP contribution in [0.3, 0.4) is 0 Å². The first-order valence-electron chi connectivity index (χ1n) is 6.52. The molecule has 0 saturated carbocycles. The Balaban J connectivity index is 2.09. The molecular weight excluding hydrogens is 291 g/mol. The summed E-state index contributed by atoms with van der Waals surface area (Å²) < 4.78 is 11.4. The van der Waals surface area contributed by atoms with E-state index in [0.717, 1.165) is 5.56 Å². The largest absolute Gasteiger partial charge is 0.508 e. The van der Waals surface area contributed by atoms with Crippen molar-refractivity contribution in [2.75, 3.05) is 0 Å². The smallest absolute Gasteiger partial charge is 0.356 e. The minimum Gasteiger partial charge on any atom is -0.508 e. The van der Waals surface area contributed by atoms with Gasteiger partial charge in [0.2, 0.25) is 0 Å². The molecule has 0 bridgehead atoms. The predicted octanol–water partition coefficient (Wildman–Crippen LogP) is 2.08. The zero-order valence-corrected chi connectivity index (χ0v) is 12.2. The van der Waals surface area contributed by atoms with E-state index < -0.39 is 7.60 Å². The lowest BCUT2D eigenvalue weighted by Crippen LogP contribution is -2.11. The first-order chi connectivity index (χ1) is 9.86. The SMILES string of the molecule is O=P(O)(O)c1ccc(O)cc1CCCc1cccc(O)c1. The Kier molecular flexibility index (Phi) is 4.68. The van der Waals surface area contributed by atoms with Crippen molar-refractivity contribution in [1.29, 1.82) is 0 Å². The maximum Gasteiger partial charge on any atom is 0.356 e. The number of phenolic OH excluding ortho intramolecular Hbond substituents is 2. The van der Waals surface area contributed by atoms with Crippen molar-refractivity contribution in [3.63, 3.8) is 0 Å². The zero-order chi connectivity index (χ0) is 15.5. The summed E-state index contributed by atoms with van der Waals surface area (Å²) in [5.74, 6) is 0.181. The number of benzene rings is 2. The van der Waals surface area contributed by atoms with Crippen molar-refractivity contribution in [3.8, 4) is 11.5 Å². The highest BCUT2D eigenvalue weighted by Crippen LogP contribution is 2.36. The average Bonchev–Trinajstić information content (AvgIpc) is 2.37. The van der Waals surface area contributed by atoms with Crippen LogP contribution in [0.4, 0.5) is 0 Å². The van der Waals surface area contributed by atoms with Gasteiger partial charge in [0, 0.05) is 0 Å². The van der Waals surface area contributed by atoms with Gasteiger partial charge in [-0.05, 0) is 60.7 Å². The topological polar surface area (TPSA) is 98.0 Å². The molecule has 2 aromatic carbocycles. The third-order valence-corrected chi connectivity index (χ3v) is 4.26. The molecular formula is C15H17O5P. The Hall–Kier alpha value is -1.81. The number of rotatable bonds is 5. The van der Waals surface area contributed by atoms with E-state index in [4.69, 9.17) is 0 Å². The van der Waals surface area contributed by atoms with Crippen molar-refractivity contribution in [2.24, 2.45) is 0 Å². The third-order valence-electron chi connectivity index (χ3n) is 3.20. The van der Waals surface area contributed by atoms with Crippen LogP contribution in [0, 0.1) is 0 Å². The van der Waals surface area contributed by atoms with Gasteiger partial charge in [-0.1, -0.05) is 12.1 Å². The molecule has 112 valence electrons. The van der Waals surface area contributed by atoms with Crippen LogP contribution in [0.25, 0.3) is 0 Å². The quantitative estimate of drug-likeness (QED) is 0.634. The Morgan fingerprint density at radius 3 is 2.29 bits per heavy atom. The van der Waals surface area contributed by atoms with Crippen molar-refractivity contribution in [1.82, 2.24) is 0 Å². The number of hydrogen-bond acceptors (Lipinski definition) is 3. The monoisotopic (exact) mass is 308 g/mol. The first-order valence-corrected chi connectivity index (χ1v) is 8.13. The van der Waals surface area contributed by atoms with Crippen LogP contribution in [-0.2, 0) is 17.4 Å². The summed E-state index contributed by atoms with van der Waals surface area (Å²) in [4.78, 5) is 18.6. The molecule has 21 heavy (non-hydrogen) atoms. The Morgan fingerprint density at radius 2 is 1.62 bits per heavy atom. The van der Waals surface area contributed by atoms with Gasteiger partial charge in [0.1, 0.15) is 11.5 Å². The molecule has 0 amide bonds. The van der Waals surface area contributed by atoms with Gasteiger partial charge in [0.05, 0.1) is 5.30 Å². The van der Waals surface area contributed by atoms with Crippen LogP contribution in [0.5, 0.6) is 11.5 Å². The van der Waals surface area contributed by atoms with Crippen molar-refractivity contribution < 1.29 is 24.6 Å². The third kappa shape index (κ3) is 4.33. The molecule has 0 aliphatic heterocycles. The summed E-state index contributed by atoms with van der Waals surface area (Å²) >= 11 is 0. The average molecular weight is 308 g/mol. The number of phenols is 2. The summed E-state index contributed by atoms with van der Waals surface area (Å²) in [5, 5.41) is 18.8. The molecule has 2 aromatic rings. The van der Waals surface area contributed by atoms with E-state index in [1.54, 1.807) is 18.2 Å². The zero-order valence-electron chi connectivity index (χ0n) is 11.3. The molecule has 0 saturated heterocycles. The van der Waals surface area contributed by atoms with Crippen LogP contribution in [0.15, 0.2) is 42.5 Å². The highest BCUT2D eigenvalue weighted by molar-refractivity contribution is 7.60. The van der Waals surface area contributed by atoms with Crippen LogP contribution >= 0.6 is 7.60 Å². The standard InChI is InChI=1S/C15H17O5P/c16-13-6-2-4-11(9-13)3-1-5-12-10-14(17)7-8-15(12)21(18,19)20/h2,4,6-10,16-17H,1,3,5H2,(H2,18,19,20). The van der Waals surface area contributed by atoms with E-state index in [2.05, 4.69) is 0 Å². The molecule has 0 aliphatic carbocycles. The van der Waals surface area contributed by atoms with E-state index >= 15 is 0 Å². The van der Waals surface area contributed by atoms with Crippen molar-refractivity contribution >= 4 is 12.9 Å². The molecule has 5 nitrogen and oxygen atoms in total. The summed E-state index contributed by atoms with van der Waals surface area (Å²) in [6.45, 7) is 0. The minimum atomic E-state index is -4.35. The number of hydrogen-bond donors (Lipinski definition) is 4. The minimum absolute atomic E-state index is 0.0143. The summed E-state index contributed by atoms with van der Waals surface area (Å²) in [5.41, 5.74) is 1.40. The summed E-state index contributed by atoms with van der Waals surface area (Å²) in [7, 11) is -4.35. The van der Waals surface area contributed by atoms with Gasteiger partial charge in [-0.15, -0.1) is 0 Å². The van der Waals surface area contributed by atoms with Gasteiger partial charge < -0.3 is 20.0 Å². The predicted molar refractivity (Wildman–Crippen MR) is 79.9 cm³/mol. The van der Waals surface area contributed by atoms with E-state index in [0.29, 0.717) is 24.8 Å². The van der Waals surface area contributed by atoms with Gasteiger partial charge in [0.15, 0.2) is 0 Å². The van der Waals surface area contributed by atoms with Crippen LogP contribution in [0.1, 0.15) is 17.5 Å². The lowest BCUT2D eigenvalue weighted by atomic mass is 10.0. The highest BCUT2D eigenvalue weighted by Gasteiger charge is 2.21. The molecule has 2 rings (SSSR count). The molecule has 0 heterocycles. The number of aryl methyl sites for hydroxylation is 2. The second-order valence-electron chi connectivity index (χ2n) is 4.88. The first kappa shape index (κ1) is 15.6. The van der Waals surface area contributed by atoms with Gasteiger partial charge >= 0.3 is 7.60 Å². The summed E-state index contributed by atoms with van der Waals surface area (Å²) in [6.07, 6.45) is 1.76. The molecule has 0 aromatic heterocycles. The van der Waals surface area contributed by atoms with Crippen molar-refractivity contribution in [2.45, 2.75) is 19.3 Å². The molecule has 0 fully saturated rings. The molecule has 0 spiro atoms. The van der Waals surface area contributed by atoms with Gasteiger partial charge in [-0.2, -0.15) is 0 Å². The maximum absolute atomic E-state index is 11.4. The van der Waals surface area contributed by atoms with Gasteiger partial charge in [-0.3, -0.25) is 4.57 Å². The fourth-order valence-electron chi connectivity index (χ4n) is 2.25. The Morgan fingerprint density at radius 1 is 0.905 bits per heavy atom. The maximum atomic E-state index is 11.4. The number of aromatic hydroxyl groups is 2. The lowest BCUT2D eigenvalue weighted by Gasteiger charge is -2.11. The lowest BCUT2D eigenvalue weighted by molar-refractivity contribution is 0.387. The van der Waals surface area contributed by atoms with Crippen molar-refractivity contribution in [3.05, 3.63) is 53.6 Å². The Labute approximate surface area is 122 Å². The van der Waals surface area contributed by atoms with E-state index in [1.807, 2.05) is 6.07 Å². The summed E-state index contributed by atoms with van der Waals surface area (Å²) in [6, 6.07) is 10.8. The van der Waals surface area contributed by atoms with E-state index in [1.165, 1.54) is 18.2 Å². The van der Waals surface area contributed by atoms with Gasteiger partial charge in [-0.25, -0.2) is 0 Å². The van der Waals surface area contributed by atoms with Crippen LogP contribution in [-0.4, -0.2) is 20.0 Å². The second-order valence-corrected chi connectivity index (χ2v) is 6.45. The molecule has 4 N–H and O–H groups in total. The normalized spacial score (nSPS) is 11.5. The molecule has 6 heteroatoms. The second kappa shape index (κ2) is 6.31. The fourth-order valence-corrected chi connectivity index (χ4v) is 3.07.